The van der Waals surface area contributed by atoms with Gasteiger partial charge in [-0.15, -0.1) is 0 Å². The van der Waals surface area contributed by atoms with Crippen molar-refractivity contribution in [1.29, 1.82) is 0 Å². The molecular weight excluding hydrogens is 452 g/mol. The second-order valence-corrected chi connectivity index (χ2v) is 8.69. The molecule has 1 atom stereocenters. The smallest absolute Gasteiger partial charge is 0.257 e. The third-order valence-corrected chi connectivity index (χ3v) is 5.98. The van der Waals surface area contributed by atoms with Crippen molar-refractivity contribution >= 4 is 40.1 Å². The minimum atomic E-state index is -0.325. The molecule has 0 bridgehead atoms. The van der Waals surface area contributed by atoms with E-state index >= 15 is 0 Å². The highest BCUT2D eigenvalue weighted by atomic mass is 16.3. The lowest BCUT2D eigenvalue weighted by molar-refractivity contribution is 0.0940. The number of aryl methyl sites for hydroxylation is 1. The molecule has 4 N–H and O–H groups in total. The summed E-state index contributed by atoms with van der Waals surface area (Å²) >= 11 is 0. The Kier molecular flexibility index (Phi) is 6.32. The van der Waals surface area contributed by atoms with E-state index in [4.69, 9.17) is 15.7 Å². The quantitative estimate of drug-likeness (QED) is 0.298. The summed E-state index contributed by atoms with van der Waals surface area (Å²) in [5.74, 6) is -0.0574. The topological polar surface area (TPSA) is 118 Å². The molecule has 8 heteroatoms. The molecule has 0 aliphatic rings. The Morgan fingerprint density at radius 1 is 1.06 bits per heavy atom. The van der Waals surface area contributed by atoms with Crippen molar-refractivity contribution in [2.24, 2.45) is 5.10 Å². The van der Waals surface area contributed by atoms with Crippen LogP contribution in [-0.2, 0) is 6.42 Å². The Balaban J connectivity index is 1.50. The second kappa shape index (κ2) is 9.87. The molecule has 0 saturated carbocycles. The number of nitrogen functional groups attached to an aromatic ring is 1. The van der Waals surface area contributed by atoms with E-state index in [2.05, 4.69) is 22.6 Å². The van der Waals surface area contributed by atoms with Gasteiger partial charge in [0.15, 0.2) is 5.65 Å². The number of fused-ring (bicyclic) bond motifs is 2. The predicted molar refractivity (Wildman–Crippen MR) is 142 cm³/mol. The van der Waals surface area contributed by atoms with E-state index in [1.807, 2.05) is 49.4 Å². The molecule has 0 aliphatic carbocycles. The fourth-order valence-corrected chi connectivity index (χ4v) is 4.11. The van der Waals surface area contributed by atoms with Crippen LogP contribution in [0, 0.1) is 0 Å². The lowest BCUT2D eigenvalue weighted by Crippen LogP contribution is -2.33. The summed E-state index contributed by atoms with van der Waals surface area (Å²) in [4.78, 5) is 22.8. The van der Waals surface area contributed by atoms with Gasteiger partial charge in [-0.2, -0.15) is 9.78 Å². The number of anilines is 1. The number of carbonyl (C=O) groups excluding carboxylic acids is 1. The average Bonchev–Trinajstić information content (AvgIpc) is 3.15. The van der Waals surface area contributed by atoms with Gasteiger partial charge in [0.05, 0.1) is 17.2 Å². The van der Waals surface area contributed by atoms with Crippen LogP contribution >= 0.6 is 0 Å². The van der Waals surface area contributed by atoms with Crippen LogP contribution in [0.15, 0.2) is 84.0 Å². The molecule has 8 nitrogen and oxygen atoms in total. The van der Waals surface area contributed by atoms with Crippen LogP contribution in [0.1, 0.15) is 34.8 Å². The second-order valence-electron chi connectivity index (χ2n) is 8.69. The summed E-state index contributed by atoms with van der Waals surface area (Å²) in [6, 6.07) is 24.2. The van der Waals surface area contributed by atoms with Gasteiger partial charge in [0.2, 0.25) is 0 Å². The molecule has 36 heavy (non-hydrogen) atoms. The van der Waals surface area contributed by atoms with Crippen molar-refractivity contribution < 1.29 is 9.90 Å². The predicted octanol–water partition coefficient (Wildman–Crippen LogP) is 4.51. The number of hydrogen-bond donors (Lipinski definition) is 3. The number of phenolic OH excluding ortho intramolecular Hbond substituents is 1. The lowest BCUT2D eigenvalue weighted by Gasteiger charge is -2.14. The van der Waals surface area contributed by atoms with Gasteiger partial charge in [-0.25, -0.2) is 9.97 Å². The Morgan fingerprint density at radius 3 is 2.53 bits per heavy atom. The number of carbonyl (C=O) groups is 1. The maximum atomic E-state index is 13.4. The van der Waals surface area contributed by atoms with Gasteiger partial charge in [-0.05, 0) is 55.2 Å². The number of amides is 1. The van der Waals surface area contributed by atoms with Gasteiger partial charge < -0.3 is 16.2 Å². The van der Waals surface area contributed by atoms with Crippen LogP contribution in [-0.4, -0.2) is 37.9 Å². The fraction of sp³-hybridized carbons (Fsp3) is 0.143. The number of benzene rings is 3. The highest BCUT2D eigenvalue weighted by molar-refractivity contribution is 6.10. The Hall–Kier alpha value is -4.72. The number of aromatic nitrogens is 3. The number of nitrogens with one attached hydrogen (secondary N) is 1. The normalized spacial score (nSPS) is 12.4. The molecular formula is C28H26N6O2. The molecule has 5 rings (SSSR count). The van der Waals surface area contributed by atoms with E-state index < -0.39 is 0 Å². The van der Waals surface area contributed by atoms with Crippen LogP contribution in [0.5, 0.6) is 5.75 Å². The number of hydrogen-bond acceptors (Lipinski definition) is 6. The average molecular weight is 479 g/mol. The van der Waals surface area contributed by atoms with E-state index in [1.54, 1.807) is 30.5 Å². The molecule has 180 valence electrons. The largest absolute Gasteiger partial charge is 0.508 e. The zero-order valence-corrected chi connectivity index (χ0v) is 19.8. The number of aromatic hydroxyl groups is 1. The molecule has 2 heterocycles. The summed E-state index contributed by atoms with van der Waals surface area (Å²) in [5.41, 5.74) is 10.7. The van der Waals surface area contributed by atoms with Crippen molar-refractivity contribution in [3.63, 3.8) is 0 Å². The minimum Gasteiger partial charge on any atom is -0.508 e. The molecule has 1 unspecified atom stereocenters. The molecule has 0 spiro atoms. The van der Waals surface area contributed by atoms with E-state index in [0.29, 0.717) is 27.8 Å². The SMILES string of the molecule is CC(CCc1ccccc1)NC(=O)c1c(N)n(N=Cc2cccc(O)c2)c2nc3ccccc3nc12. The summed E-state index contributed by atoms with van der Waals surface area (Å²) in [6.45, 7) is 1.97. The van der Waals surface area contributed by atoms with Crippen LogP contribution in [0.4, 0.5) is 5.82 Å². The van der Waals surface area contributed by atoms with Crippen molar-refractivity contribution in [2.75, 3.05) is 5.73 Å². The molecule has 1 amide bonds. The van der Waals surface area contributed by atoms with Crippen molar-refractivity contribution in [2.45, 2.75) is 25.8 Å². The van der Waals surface area contributed by atoms with Gasteiger partial charge in [0, 0.05) is 6.04 Å². The van der Waals surface area contributed by atoms with E-state index in [1.165, 1.54) is 10.2 Å². The third-order valence-electron chi connectivity index (χ3n) is 5.98. The van der Waals surface area contributed by atoms with Gasteiger partial charge in [0.25, 0.3) is 5.91 Å². The van der Waals surface area contributed by atoms with Crippen molar-refractivity contribution in [1.82, 2.24) is 20.0 Å². The van der Waals surface area contributed by atoms with Gasteiger partial charge in [0.1, 0.15) is 22.6 Å². The number of phenols is 1. The number of rotatable bonds is 7. The fourth-order valence-electron chi connectivity index (χ4n) is 4.11. The number of nitrogens with two attached hydrogens (primary N) is 1. The summed E-state index contributed by atoms with van der Waals surface area (Å²) in [6.07, 6.45) is 3.17. The standard InChI is InChI=1S/C28H26N6O2/c1-18(14-15-19-8-3-2-4-9-19)31-28(36)24-25-27(33-23-13-6-5-12-22(23)32-25)34(26(24)29)30-17-20-10-7-11-21(35)16-20/h2-13,16-18,35H,14-15,29H2,1H3,(H,31,36). The number of nitrogens with zero attached hydrogens (tertiary/aromatic N) is 4. The first-order valence-corrected chi connectivity index (χ1v) is 11.7. The lowest BCUT2D eigenvalue weighted by atomic mass is 10.1. The third kappa shape index (κ3) is 4.74. The Bertz CT molecular complexity index is 1580. The highest BCUT2D eigenvalue weighted by Crippen LogP contribution is 2.28. The van der Waals surface area contributed by atoms with Crippen molar-refractivity contribution in [3.05, 3.63) is 95.6 Å². The summed E-state index contributed by atoms with van der Waals surface area (Å²) in [5, 5.41) is 17.3. The van der Waals surface area contributed by atoms with Crippen molar-refractivity contribution in [3.8, 4) is 5.75 Å². The highest BCUT2D eigenvalue weighted by Gasteiger charge is 2.25. The van der Waals surface area contributed by atoms with Gasteiger partial charge in [-0.1, -0.05) is 54.6 Å². The maximum Gasteiger partial charge on any atom is 0.257 e. The Labute approximate surface area is 208 Å². The minimum absolute atomic E-state index is 0.0836. The first-order valence-electron chi connectivity index (χ1n) is 11.7. The zero-order valence-electron chi connectivity index (χ0n) is 19.8. The molecule has 0 saturated heterocycles. The zero-order chi connectivity index (χ0) is 25.1. The first kappa shape index (κ1) is 23.0. The Morgan fingerprint density at radius 2 is 1.78 bits per heavy atom. The summed E-state index contributed by atoms with van der Waals surface area (Å²) < 4.78 is 1.42. The maximum absolute atomic E-state index is 13.4. The van der Waals surface area contributed by atoms with Crippen LogP contribution in [0.2, 0.25) is 0 Å². The molecule has 5 aromatic rings. The molecule has 0 aliphatic heterocycles. The van der Waals surface area contributed by atoms with E-state index in [-0.39, 0.29) is 29.1 Å². The summed E-state index contributed by atoms with van der Waals surface area (Å²) in [7, 11) is 0. The monoisotopic (exact) mass is 478 g/mol. The first-order chi connectivity index (χ1) is 17.5. The van der Waals surface area contributed by atoms with E-state index in [0.717, 1.165) is 12.8 Å². The molecule has 3 aromatic carbocycles. The number of para-hydroxylation sites is 2. The van der Waals surface area contributed by atoms with Crippen LogP contribution < -0.4 is 11.1 Å². The van der Waals surface area contributed by atoms with Crippen LogP contribution in [0.3, 0.4) is 0 Å². The molecule has 0 radical (unpaired) electrons. The van der Waals surface area contributed by atoms with E-state index in [9.17, 15) is 9.90 Å². The molecule has 2 aromatic heterocycles. The van der Waals surface area contributed by atoms with Gasteiger partial charge in [-0.3, -0.25) is 4.79 Å². The molecule has 0 fully saturated rings. The van der Waals surface area contributed by atoms with Gasteiger partial charge >= 0.3 is 0 Å². The van der Waals surface area contributed by atoms with Crippen LogP contribution in [0.25, 0.3) is 22.2 Å².